The van der Waals surface area contributed by atoms with Crippen LogP contribution in [0.4, 0.5) is 0 Å². The zero-order chi connectivity index (χ0) is 15.8. The summed E-state index contributed by atoms with van der Waals surface area (Å²) in [7, 11) is 0. The maximum Gasteiger partial charge on any atom is 0.169 e. The Labute approximate surface area is 139 Å². The topological polar surface area (TPSA) is 35.1 Å². The van der Waals surface area contributed by atoms with Crippen LogP contribution in [0, 0.1) is 6.92 Å². The van der Waals surface area contributed by atoms with Crippen molar-refractivity contribution in [2.45, 2.75) is 31.3 Å². The van der Waals surface area contributed by atoms with E-state index in [9.17, 15) is 0 Å². The van der Waals surface area contributed by atoms with Crippen LogP contribution in [0.3, 0.4) is 0 Å². The first-order chi connectivity index (χ1) is 11.2. The van der Waals surface area contributed by atoms with Crippen molar-refractivity contribution in [2.75, 3.05) is 0 Å². The molecule has 0 saturated heterocycles. The van der Waals surface area contributed by atoms with Gasteiger partial charge in [0, 0.05) is 24.7 Å². The lowest BCUT2D eigenvalue weighted by Crippen LogP contribution is -1.96. The molecule has 1 aromatic carbocycles. The third-order valence-corrected chi connectivity index (χ3v) is 4.94. The fourth-order valence-electron chi connectivity index (χ4n) is 2.83. The average Bonchev–Trinajstić information content (AvgIpc) is 3.12. The zero-order valence-corrected chi connectivity index (χ0v) is 14.0. The molecular weight excluding hydrogens is 304 g/mol. The fraction of sp³-hybridized carbons (Fsp3) is 0.222. The summed E-state index contributed by atoms with van der Waals surface area (Å²) in [5.41, 5.74) is 5.57. The minimum atomic E-state index is 0.823. The predicted octanol–water partition coefficient (Wildman–Crippen LogP) is 4.30. The molecule has 0 N–H and O–H groups in total. The van der Waals surface area contributed by atoms with E-state index >= 15 is 0 Å². The van der Waals surface area contributed by atoms with Crippen molar-refractivity contribution in [3.63, 3.8) is 0 Å². The summed E-state index contributed by atoms with van der Waals surface area (Å²) >= 11 is 1.75. The van der Waals surface area contributed by atoms with E-state index in [0.29, 0.717) is 0 Å². The van der Waals surface area contributed by atoms with Crippen LogP contribution < -0.4 is 0 Å². The number of para-hydroxylation sites is 2. The number of pyridine rings is 1. The van der Waals surface area contributed by atoms with Gasteiger partial charge in [0.1, 0.15) is 5.65 Å². The van der Waals surface area contributed by atoms with E-state index in [1.54, 1.807) is 11.8 Å². The number of imidazole rings is 2. The van der Waals surface area contributed by atoms with Crippen molar-refractivity contribution in [1.82, 2.24) is 18.9 Å². The molecule has 0 spiro atoms. The van der Waals surface area contributed by atoms with Crippen LogP contribution in [0.1, 0.15) is 18.2 Å². The van der Waals surface area contributed by atoms with Gasteiger partial charge in [-0.05, 0) is 37.6 Å². The largest absolute Gasteiger partial charge is 0.319 e. The lowest BCUT2D eigenvalue weighted by atomic mass is 10.3. The van der Waals surface area contributed by atoms with E-state index in [2.05, 4.69) is 70.5 Å². The van der Waals surface area contributed by atoms with Crippen molar-refractivity contribution in [3.05, 3.63) is 60.0 Å². The number of rotatable bonds is 4. The number of aryl methyl sites for hydroxylation is 2. The molecule has 4 rings (SSSR count). The van der Waals surface area contributed by atoms with Crippen molar-refractivity contribution in [2.24, 2.45) is 0 Å². The van der Waals surface area contributed by atoms with Gasteiger partial charge in [-0.1, -0.05) is 30.0 Å². The molecule has 0 bridgehead atoms. The van der Waals surface area contributed by atoms with Crippen molar-refractivity contribution in [3.8, 4) is 0 Å². The van der Waals surface area contributed by atoms with Gasteiger partial charge in [0.15, 0.2) is 5.16 Å². The molecule has 0 saturated carbocycles. The molecule has 3 aromatic heterocycles. The van der Waals surface area contributed by atoms with Crippen LogP contribution in [-0.2, 0) is 12.3 Å². The van der Waals surface area contributed by atoms with Crippen LogP contribution in [0.2, 0.25) is 0 Å². The molecule has 23 heavy (non-hydrogen) atoms. The number of aromatic nitrogens is 4. The molecule has 0 amide bonds. The molecule has 0 aliphatic rings. The smallest absolute Gasteiger partial charge is 0.169 e. The highest BCUT2D eigenvalue weighted by atomic mass is 32.2. The quantitative estimate of drug-likeness (QED) is 0.525. The molecule has 0 unspecified atom stereocenters. The normalized spacial score (nSPS) is 11.6. The molecule has 4 aromatic rings. The van der Waals surface area contributed by atoms with Gasteiger partial charge in [-0.2, -0.15) is 0 Å². The van der Waals surface area contributed by atoms with E-state index < -0.39 is 0 Å². The number of thioether (sulfide) groups is 1. The maximum absolute atomic E-state index is 4.76. The molecule has 3 heterocycles. The summed E-state index contributed by atoms with van der Waals surface area (Å²) in [5, 5.41) is 1.06. The summed E-state index contributed by atoms with van der Waals surface area (Å²) in [6.07, 6.45) is 4.21. The molecule has 0 atom stereocenters. The van der Waals surface area contributed by atoms with Gasteiger partial charge in [-0.25, -0.2) is 9.97 Å². The highest BCUT2D eigenvalue weighted by Crippen LogP contribution is 2.26. The Kier molecular flexibility index (Phi) is 3.58. The van der Waals surface area contributed by atoms with Crippen LogP contribution in [0.15, 0.2) is 53.9 Å². The predicted molar refractivity (Wildman–Crippen MR) is 94.9 cm³/mol. The van der Waals surface area contributed by atoms with Gasteiger partial charge in [0.05, 0.1) is 16.7 Å². The molecule has 5 heteroatoms. The van der Waals surface area contributed by atoms with E-state index in [4.69, 9.17) is 4.98 Å². The number of hydrogen-bond acceptors (Lipinski definition) is 3. The number of hydrogen-bond donors (Lipinski definition) is 0. The Balaban J connectivity index is 1.62. The Morgan fingerprint density at radius 3 is 2.78 bits per heavy atom. The van der Waals surface area contributed by atoms with Crippen molar-refractivity contribution < 1.29 is 0 Å². The molecule has 0 fully saturated rings. The van der Waals surface area contributed by atoms with Gasteiger partial charge in [-0.15, -0.1) is 0 Å². The number of fused-ring (bicyclic) bond motifs is 2. The summed E-state index contributed by atoms with van der Waals surface area (Å²) in [6, 6.07) is 12.5. The van der Waals surface area contributed by atoms with Crippen LogP contribution in [0.25, 0.3) is 16.7 Å². The summed E-state index contributed by atoms with van der Waals surface area (Å²) in [4.78, 5) is 9.44. The van der Waals surface area contributed by atoms with Crippen LogP contribution in [-0.4, -0.2) is 18.9 Å². The lowest BCUT2D eigenvalue weighted by Gasteiger charge is -2.04. The van der Waals surface area contributed by atoms with E-state index in [-0.39, 0.29) is 0 Å². The highest BCUT2D eigenvalue weighted by molar-refractivity contribution is 7.98. The van der Waals surface area contributed by atoms with Crippen molar-refractivity contribution >= 4 is 28.4 Å². The summed E-state index contributed by atoms with van der Waals surface area (Å²) in [5.74, 6) is 0.823. The van der Waals surface area contributed by atoms with Gasteiger partial charge in [-0.3, -0.25) is 0 Å². The zero-order valence-electron chi connectivity index (χ0n) is 13.2. The summed E-state index contributed by atoms with van der Waals surface area (Å²) in [6.45, 7) is 5.18. The second kappa shape index (κ2) is 5.74. The second-order valence-corrected chi connectivity index (χ2v) is 6.56. The third-order valence-electron chi connectivity index (χ3n) is 3.93. The highest BCUT2D eigenvalue weighted by Gasteiger charge is 2.11. The fourth-order valence-corrected chi connectivity index (χ4v) is 3.80. The molecule has 4 nitrogen and oxygen atoms in total. The number of nitrogens with zero attached hydrogens (tertiary/aromatic N) is 4. The first-order valence-corrected chi connectivity index (χ1v) is 8.75. The molecule has 116 valence electrons. The van der Waals surface area contributed by atoms with Crippen LogP contribution in [0.5, 0.6) is 0 Å². The molecule has 0 aliphatic carbocycles. The summed E-state index contributed by atoms with van der Waals surface area (Å²) < 4.78 is 4.36. The first-order valence-electron chi connectivity index (χ1n) is 7.77. The lowest BCUT2D eigenvalue weighted by molar-refractivity contribution is 0.702. The van der Waals surface area contributed by atoms with Crippen LogP contribution >= 0.6 is 11.8 Å². The third kappa shape index (κ3) is 2.61. The number of benzene rings is 1. The minimum absolute atomic E-state index is 0.823. The second-order valence-electron chi connectivity index (χ2n) is 5.62. The molecule has 0 radical (unpaired) electrons. The SMILES string of the molecule is CCn1c(SCc2cn3cc(C)ccc3n2)nc2ccccc21. The van der Waals surface area contributed by atoms with Gasteiger partial charge < -0.3 is 8.97 Å². The van der Waals surface area contributed by atoms with Crippen molar-refractivity contribution in [1.29, 1.82) is 0 Å². The Morgan fingerprint density at radius 2 is 1.91 bits per heavy atom. The van der Waals surface area contributed by atoms with Gasteiger partial charge in [0.25, 0.3) is 0 Å². The molecular formula is C18H18N4S. The average molecular weight is 322 g/mol. The Hall–Kier alpha value is -2.27. The molecule has 0 aliphatic heterocycles. The Morgan fingerprint density at radius 1 is 1.04 bits per heavy atom. The first kappa shape index (κ1) is 14.3. The monoisotopic (exact) mass is 322 g/mol. The Bertz CT molecular complexity index is 983. The van der Waals surface area contributed by atoms with E-state index in [0.717, 1.165) is 34.3 Å². The maximum atomic E-state index is 4.76. The van der Waals surface area contributed by atoms with Gasteiger partial charge >= 0.3 is 0 Å². The van der Waals surface area contributed by atoms with E-state index in [1.807, 2.05) is 6.07 Å². The van der Waals surface area contributed by atoms with Gasteiger partial charge in [0.2, 0.25) is 0 Å². The minimum Gasteiger partial charge on any atom is -0.319 e. The standard InChI is InChI=1S/C18H18N4S/c1-3-22-16-7-5-4-6-15(16)20-18(22)23-12-14-11-21-10-13(2)8-9-17(21)19-14/h4-11H,3,12H2,1-2H3. The van der Waals surface area contributed by atoms with E-state index in [1.165, 1.54) is 11.1 Å².